The minimum absolute atomic E-state index is 0.114. The number of hydrogen-bond acceptors (Lipinski definition) is 5. The van der Waals surface area contributed by atoms with Crippen molar-refractivity contribution in [2.24, 2.45) is 5.73 Å². The Hall–Kier alpha value is -3.09. The summed E-state index contributed by atoms with van der Waals surface area (Å²) in [4.78, 5) is 28.1. The standard InChI is InChI=1S/C16H15N5O2/c1-16(14(17)22)9-5-11-12(6-10(9)21-15(16)23)20-13(19-11)8-3-2-4-18-7-8/h2-7,13,19-20H,1H3,(H2,17,22)(H,21,23). The lowest BCUT2D eigenvalue weighted by Gasteiger charge is -2.18. The number of carbonyl (C=O) groups is 2. The van der Waals surface area contributed by atoms with Crippen molar-refractivity contribution < 1.29 is 9.59 Å². The Bertz CT molecular complexity index is 836. The third kappa shape index (κ3) is 1.79. The molecule has 0 saturated carbocycles. The zero-order chi connectivity index (χ0) is 16.2. The smallest absolute Gasteiger partial charge is 0.244 e. The molecule has 0 spiro atoms. The zero-order valence-electron chi connectivity index (χ0n) is 12.4. The summed E-state index contributed by atoms with van der Waals surface area (Å²) in [5.41, 5.74) is 7.97. The van der Waals surface area contributed by atoms with Crippen LogP contribution < -0.4 is 21.7 Å². The van der Waals surface area contributed by atoms with E-state index in [1.54, 1.807) is 25.4 Å². The first-order chi connectivity index (χ1) is 11.0. The van der Waals surface area contributed by atoms with Gasteiger partial charge in [0.1, 0.15) is 6.17 Å². The minimum Gasteiger partial charge on any atom is -0.368 e. The topological polar surface area (TPSA) is 109 Å². The molecule has 0 aliphatic carbocycles. The van der Waals surface area contributed by atoms with Gasteiger partial charge in [-0.3, -0.25) is 14.6 Å². The molecule has 3 heterocycles. The fourth-order valence-electron chi connectivity index (χ4n) is 3.03. The Morgan fingerprint density at radius 1 is 1.26 bits per heavy atom. The third-order valence-corrected chi connectivity index (χ3v) is 4.51. The highest BCUT2D eigenvalue weighted by molar-refractivity contribution is 6.20. The lowest BCUT2D eigenvalue weighted by molar-refractivity contribution is -0.131. The van der Waals surface area contributed by atoms with Crippen LogP contribution in [0.15, 0.2) is 36.7 Å². The van der Waals surface area contributed by atoms with Crippen molar-refractivity contribution in [1.29, 1.82) is 0 Å². The van der Waals surface area contributed by atoms with Gasteiger partial charge in [-0.05, 0) is 25.1 Å². The summed E-state index contributed by atoms with van der Waals surface area (Å²) in [7, 11) is 0. The first-order valence-corrected chi connectivity index (χ1v) is 7.23. The molecule has 7 nitrogen and oxygen atoms in total. The molecule has 2 unspecified atom stereocenters. The summed E-state index contributed by atoms with van der Waals surface area (Å²) in [5, 5.41) is 9.40. The molecule has 2 amide bonds. The second-order valence-corrected chi connectivity index (χ2v) is 5.89. The number of anilines is 3. The van der Waals surface area contributed by atoms with E-state index < -0.39 is 17.2 Å². The lowest BCUT2D eigenvalue weighted by Crippen LogP contribution is -2.44. The molecule has 2 aliphatic rings. The minimum atomic E-state index is -1.35. The number of nitrogens with zero attached hydrogens (tertiary/aromatic N) is 1. The molecule has 0 fully saturated rings. The molecule has 2 aromatic rings. The molecule has 116 valence electrons. The largest absolute Gasteiger partial charge is 0.368 e. The second-order valence-electron chi connectivity index (χ2n) is 5.89. The van der Waals surface area contributed by atoms with E-state index in [9.17, 15) is 9.59 Å². The van der Waals surface area contributed by atoms with Crippen LogP contribution in [0.3, 0.4) is 0 Å². The Kier molecular flexibility index (Phi) is 2.63. The Labute approximate surface area is 132 Å². The predicted molar refractivity (Wildman–Crippen MR) is 85.8 cm³/mol. The summed E-state index contributed by atoms with van der Waals surface area (Å²) in [6.45, 7) is 1.55. The van der Waals surface area contributed by atoms with Crippen molar-refractivity contribution in [1.82, 2.24) is 4.98 Å². The van der Waals surface area contributed by atoms with Gasteiger partial charge >= 0.3 is 0 Å². The SMILES string of the molecule is CC1(C(N)=O)C(=O)Nc2cc3c(cc21)NC(c1cccnc1)N3. The van der Waals surface area contributed by atoms with Crippen molar-refractivity contribution in [3.63, 3.8) is 0 Å². The van der Waals surface area contributed by atoms with Crippen LogP contribution >= 0.6 is 0 Å². The maximum atomic E-state index is 12.1. The molecule has 0 bridgehead atoms. The van der Waals surface area contributed by atoms with Gasteiger partial charge in [-0.2, -0.15) is 0 Å². The predicted octanol–water partition coefficient (Wildman–Crippen LogP) is 1.31. The van der Waals surface area contributed by atoms with Gasteiger partial charge in [-0.25, -0.2) is 0 Å². The highest BCUT2D eigenvalue weighted by Gasteiger charge is 2.48. The van der Waals surface area contributed by atoms with E-state index in [2.05, 4.69) is 20.9 Å². The van der Waals surface area contributed by atoms with Crippen LogP contribution in [0.1, 0.15) is 24.2 Å². The molecule has 0 radical (unpaired) electrons. The normalized spacial score (nSPS) is 24.2. The summed E-state index contributed by atoms with van der Waals surface area (Å²) in [5.74, 6) is -1.06. The lowest BCUT2D eigenvalue weighted by atomic mass is 9.83. The van der Waals surface area contributed by atoms with E-state index in [4.69, 9.17) is 5.73 Å². The van der Waals surface area contributed by atoms with Gasteiger partial charge in [0.05, 0.1) is 11.4 Å². The molecule has 0 saturated heterocycles. The molecule has 5 N–H and O–H groups in total. The van der Waals surface area contributed by atoms with E-state index in [1.165, 1.54) is 0 Å². The van der Waals surface area contributed by atoms with Crippen LogP contribution in [0.4, 0.5) is 17.1 Å². The monoisotopic (exact) mass is 309 g/mol. The van der Waals surface area contributed by atoms with Crippen LogP contribution in [-0.2, 0) is 15.0 Å². The number of carbonyl (C=O) groups excluding carboxylic acids is 2. The molecular weight excluding hydrogens is 294 g/mol. The molecule has 23 heavy (non-hydrogen) atoms. The zero-order valence-corrected chi connectivity index (χ0v) is 12.4. The quantitative estimate of drug-likeness (QED) is 0.625. The van der Waals surface area contributed by atoms with Crippen LogP contribution in [-0.4, -0.2) is 16.8 Å². The van der Waals surface area contributed by atoms with Gasteiger partial charge in [0.15, 0.2) is 5.41 Å². The van der Waals surface area contributed by atoms with Crippen molar-refractivity contribution in [2.45, 2.75) is 18.5 Å². The molecule has 1 aromatic heterocycles. The van der Waals surface area contributed by atoms with E-state index in [1.807, 2.05) is 18.2 Å². The maximum absolute atomic E-state index is 12.1. The first-order valence-electron chi connectivity index (χ1n) is 7.23. The number of primary amides is 1. The van der Waals surface area contributed by atoms with Gasteiger partial charge in [-0.1, -0.05) is 6.07 Å². The average Bonchev–Trinajstić information content (AvgIpc) is 3.06. The van der Waals surface area contributed by atoms with Crippen molar-refractivity contribution in [3.05, 3.63) is 47.8 Å². The summed E-state index contributed by atoms with van der Waals surface area (Å²) < 4.78 is 0. The Morgan fingerprint density at radius 2 is 2.00 bits per heavy atom. The van der Waals surface area contributed by atoms with Crippen LogP contribution in [0.25, 0.3) is 0 Å². The van der Waals surface area contributed by atoms with Gasteiger partial charge in [0.25, 0.3) is 0 Å². The fraction of sp³-hybridized carbons (Fsp3) is 0.188. The van der Waals surface area contributed by atoms with Gasteiger partial charge in [-0.15, -0.1) is 0 Å². The number of fused-ring (bicyclic) bond motifs is 2. The number of hydrogen-bond donors (Lipinski definition) is 4. The summed E-state index contributed by atoms with van der Waals surface area (Å²) >= 11 is 0. The van der Waals surface area contributed by atoms with E-state index in [0.29, 0.717) is 11.3 Å². The number of rotatable bonds is 2. The number of benzene rings is 1. The van der Waals surface area contributed by atoms with Crippen LogP contribution in [0.2, 0.25) is 0 Å². The van der Waals surface area contributed by atoms with E-state index in [0.717, 1.165) is 16.9 Å². The van der Waals surface area contributed by atoms with Gasteiger partial charge in [0.2, 0.25) is 11.8 Å². The van der Waals surface area contributed by atoms with Crippen molar-refractivity contribution in [3.8, 4) is 0 Å². The number of amides is 2. The van der Waals surface area contributed by atoms with Gasteiger partial charge < -0.3 is 21.7 Å². The number of nitrogens with one attached hydrogen (secondary N) is 3. The van der Waals surface area contributed by atoms with Crippen LogP contribution in [0.5, 0.6) is 0 Å². The molecule has 7 heteroatoms. The van der Waals surface area contributed by atoms with Crippen molar-refractivity contribution in [2.75, 3.05) is 16.0 Å². The second kappa shape index (κ2) is 4.45. The third-order valence-electron chi connectivity index (χ3n) is 4.51. The summed E-state index contributed by atoms with van der Waals surface area (Å²) in [6, 6.07) is 7.45. The Morgan fingerprint density at radius 3 is 2.65 bits per heavy atom. The van der Waals surface area contributed by atoms with Crippen molar-refractivity contribution >= 4 is 28.9 Å². The number of aromatic nitrogens is 1. The summed E-state index contributed by atoms with van der Waals surface area (Å²) in [6.07, 6.45) is 3.38. The van der Waals surface area contributed by atoms with E-state index >= 15 is 0 Å². The molecule has 1 aromatic carbocycles. The molecule has 2 aliphatic heterocycles. The van der Waals surface area contributed by atoms with Crippen LogP contribution in [0, 0.1) is 0 Å². The molecular formula is C16H15N5O2. The number of pyridine rings is 1. The van der Waals surface area contributed by atoms with Gasteiger partial charge in [0, 0.05) is 29.2 Å². The average molecular weight is 309 g/mol. The fourth-order valence-corrected chi connectivity index (χ4v) is 3.03. The van der Waals surface area contributed by atoms with E-state index in [-0.39, 0.29) is 6.17 Å². The maximum Gasteiger partial charge on any atom is 0.244 e. The molecule has 4 rings (SSSR count). The first kappa shape index (κ1) is 13.6. The number of nitrogens with two attached hydrogens (primary N) is 1. The highest BCUT2D eigenvalue weighted by Crippen LogP contribution is 2.45. The molecule has 2 atom stereocenters. The highest BCUT2D eigenvalue weighted by atomic mass is 16.2. The Balaban J connectivity index is 1.74.